The zero-order valence-electron chi connectivity index (χ0n) is 9.52. The maximum atomic E-state index is 12.3. The van der Waals surface area contributed by atoms with Gasteiger partial charge in [-0.05, 0) is 37.1 Å². The summed E-state index contributed by atoms with van der Waals surface area (Å²) in [5.74, 6) is 2.30. The fraction of sp³-hybridized carbons (Fsp3) is 0.500. The summed E-state index contributed by atoms with van der Waals surface area (Å²) in [6.45, 7) is 0. The summed E-state index contributed by atoms with van der Waals surface area (Å²) in [6.07, 6.45) is 3.27. The summed E-state index contributed by atoms with van der Waals surface area (Å²) in [5, 5.41) is 0. The summed E-state index contributed by atoms with van der Waals surface area (Å²) in [7, 11) is -0.346. The zero-order valence-corrected chi connectivity index (χ0v) is 10.3. The molecule has 4 heteroatoms. The number of rotatable bonds is 2. The van der Waals surface area contributed by atoms with E-state index in [1.165, 1.54) is 6.42 Å². The minimum absolute atomic E-state index is 0.749. The van der Waals surface area contributed by atoms with E-state index in [0.29, 0.717) is 0 Å². The number of hydrogen-bond donors (Lipinski definition) is 0. The minimum Gasteiger partial charge on any atom is -0.497 e. The van der Waals surface area contributed by atoms with Gasteiger partial charge >= 0.3 is 0 Å². The van der Waals surface area contributed by atoms with Crippen molar-refractivity contribution in [2.45, 2.75) is 19.3 Å². The highest BCUT2D eigenvalue weighted by atomic mass is 32.2. The summed E-state index contributed by atoms with van der Waals surface area (Å²) in [4.78, 5) is 0. The van der Waals surface area contributed by atoms with E-state index in [-0.39, 0.29) is 0 Å². The third-order valence-electron chi connectivity index (χ3n) is 2.77. The van der Waals surface area contributed by atoms with E-state index in [0.717, 1.165) is 35.8 Å². The molecule has 0 N–H and O–H groups in total. The van der Waals surface area contributed by atoms with Crippen LogP contribution in [0.25, 0.3) is 0 Å². The lowest BCUT2D eigenvalue weighted by Crippen LogP contribution is -2.15. The molecule has 1 aromatic rings. The number of benzene rings is 1. The molecule has 1 heterocycles. The van der Waals surface area contributed by atoms with Crippen LogP contribution in [0.15, 0.2) is 28.6 Å². The van der Waals surface area contributed by atoms with Crippen LogP contribution in [0, 0.1) is 0 Å². The second-order valence-electron chi connectivity index (χ2n) is 4.03. The van der Waals surface area contributed by atoms with Crippen LogP contribution < -0.4 is 4.74 Å². The normalized spacial score (nSPS) is 19.1. The molecular weight excluding hydrogens is 222 g/mol. The average molecular weight is 239 g/mol. The SMILES string of the molecule is COc1ccc(N=S2(=O)CCCCC2)cc1. The van der Waals surface area contributed by atoms with Gasteiger partial charge in [-0.25, -0.2) is 4.21 Å². The quantitative estimate of drug-likeness (QED) is 0.795. The van der Waals surface area contributed by atoms with Crippen molar-refractivity contribution in [2.75, 3.05) is 18.6 Å². The van der Waals surface area contributed by atoms with Crippen LogP contribution in [-0.4, -0.2) is 22.8 Å². The molecule has 0 radical (unpaired) electrons. The van der Waals surface area contributed by atoms with Crippen molar-refractivity contribution in [3.8, 4) is 5.75 Å². The largest absolute Gasteiger partial charge is 0.497 e. The zero-order chi connectivity index (χ0) is 11.4. The van der Waals surface area contributed by atoms with Gasteiger partial charge in [-0.2, -0.15) is 4.36 Å². The molecule has 1 fully saturated rings. The Morgan fingerprint density at radius 2 is 1.75 bits per heavy atom. The van der Waals surface area contributed by atoms with Crippen molar-refractivity contribution in [1.29, 1.82) is 0 Å². The fourth-order valence-corrected chi connectivity index (χ4v) is 4.06. The number of hydrogen-bond acceptors (Lipinski definition) is 3. The molecule has 0 aromatic heterocycles. The first kappa shape index (κ1) is 11.5. The first-order valence-corrected chi connectivity index (χ1v) is 7.44. The topological polar surface area (TPSA) is 38.7 Å². The van der Waals surface area contributed by atoms with Gasteiger partial charge in [0.05, 0.1) is 22.5 Å². The molecule has 16 heavy (non-hydrogen) atoms. The lowest BCUT2D eigenvalue weighted by molar-refractivity contribution is 0.415. The van der Waals surface area contributed by atoms with Crippen molar-refractivity contribution in [3.05, 3.63) is 24.3 Å². The Balaban J connectivity index is 2.24. The second-order valence-corrected chi connectivity index (χ2v) is 6.57. The molecule has 1 aromatic carbocycles. The first-order chi connectivity index (χ1) is 7.72. The highest BCUT2D eigenvalue weighted by Gasteiger charge is 2.14. The predicted molar refractivity (Wildman–Crippen MR) is 66.8 cm³/mol. The average Bonchev–Trinajstić information content (AvgIpc) is 2.30. The first-order valence-electron chi connectivity index (χ1n) is 5.58. The van der Waals surface area contributed by atoms with Gasteiger partial charge in [0.1, 0.15) is 5.75 Å². The predicted octanol–water partition coefficient (Wildman–Crippen LogP) is 2.98. The van der Waals surface area contributed by atoms with Crippen LogP contribution in [0.3, 0.4) is 0 Å². The molecule has 0 aliphatic carbocycles. The molecule has 1 aliphatic heterocycles. The third-order valence-corrected chi connectivity index (χ3v) is 5.17. The van der Waals surface area contributed by atoms with Crippen LogP contribution in [0.4, 0.5) is 5.69 Å². The number of ether oxygens (including phenoxy) is 1. The second kappa shape index (κ2) is 4.87. The molecule has 3 nitrogen and oxygen atoms in total. The van der Waals surface area contributed by atoms with Gasteiger partial charge in [-0.15, -0.1) is 0 Å². The van der Waals surface area contributed by atoms with Crippen molar-refractivity contribution in [3.63, 3.8) is 0 Å². The maximum Gasteiger partial charge on any atom is 0.119 e. The molecule has 0 atom stereocenters. The molecule has 1 saturated heterocycles. The standard InChI is InChI=1S/C12H17NO2S/c1-15-12-7-5-11(6-8-12)13-16(14)9-3-2-4-10-16/h5-8H,2-4,9-10H2,1H3. The minimum atomic E-state index is -1.98. The van der Waals surface area contributed by atoms with Gasteiger partial charge in [0.15, 0.2) is 0 Å². The van der Waals surface area contributed by atoms with Crippen molar-refractivity contribution in [1.82, 2.24) is 0 Å². The molecule has 0 spiro atoms. The number of methoxy groups -OCH3 is 1. The Morgan fingerprint density at radius 3 is 2.31 bits per heavy atom. The highest BCUT2D eigenvalue weighted by molar-refractivity contribution is 7.93. The Bertz CT molecular complexity index is 446. The number of nitrogens with zero attached hydrogens (tertiary/aromatic N) is 1. The summed E-state index contributed by atoms with van der Waals surface area (Å²) in [6, 6.07) is 7.43. The van der Waals surface area contributed by atoms with Crippen molar-refractivity contribution in [2.24, 2.45) is 4.36 Å². The molecule has 0 amide bonds. The Morgan fingerprint density at radius 1 is 1.12 bits per heavy atom. The molecule has 0 saturated carbocycles. The van der Waals surface area contributed by atoms with E-state index in [1.807, 2.05) is 24.3 Å². The maximum absolute atomic E-state index is 12.3. The smallest absolute Gasteiger partial charge is 0.119 e. The lowest BCUT2D eigenvalue weighted by Gasteiger charge is -2.15. The van der Waals surface area contributed by atoms with E-state index in [9.17, 15) is 4.21 Å². The Hall–Kier alpha value is -1.03. The molecule has 0 unspecified atom stereocenters. The van der Waals surface area contributed by atoms with Gasteiger partial charge < -0.3 is 4.74 Å². The summed E-state index contributed by atoms with van der Waals surface area (Å²) < 4.78 is 21.8. The van der Waals surface area contributed by atoms with E-state index in [4.69, 9.17) is 4.74 Å². The van der Waals surface area contributed by atoms with Crippen LogP contribution >= 0.6 is 0 Å². The van der Waals surface area contributed by atoms with Gasteiger partial charge in [-0.1, -0.05) is 6.42 Å². The van der Waals surface area contributed by atoms with E-state index >= 15 is 0 Å². The van der Waals surface area contributed by atoms with Crippen molar-refractivity contribution >= 4 is 15.4 Å². The monoisotopic (exact) mass is 239 g/mol. The van der Waals surface area contributed by atoms with Crippen LogP contribution in [0.1, 0.15) is 19.3 Å². The van der Waals surface area contributed by atoms with E-state index < -0.39 is 9.73 Å². The fourth-order valence-electron chi connectivity index (χ4n) is 1.86. The molecule has 88 valence electrons. The summed E-state index contributed by atoms with van der Waals surface area (Å²) in [5.41, 5.74) is 0.799. The van der Waals surface area contributed by atoms with Crippen LogP contribution in [0.2, 0.25) is 0 Å². The summed E-state index contributed by atoms with van der Waals surface area (Å²) >= 11 is 0. The Kier molecular flexibility index (Phi) is 3.49. The van der Waals surface area contributed by atoms with Gasteiger partial charge in [0, 0.05) is 11.5 Å². The Labute approximate surface area is 97.0 Å². The van der Waals surface area contributed by atoms with Crippen LogP contribution in [0.5, 0.6) is 5.75 Å². The van der Waals surface area contributed by atoms with E-state index in [1.54, 1.807) is 7.11 Å². The van der Waals surface area contributed by atoms with Gasteiger partial charge in [-0.3, -0.25) is 0 Å². The van der Waals surface area contributed by atoms with Gasteiger partial charge in [0.25, 0.3) is 0 Å². The molecule has 2 rings (SSSR count). The highest BCUT2D eigenvalue weighted by Crippen LogP contribution is 2.22. The molecule has 1 aliphatic rings. The van der Waals surface area contributed by atoms with Gasteiger partial charge in [0.2, 0.25) is 0 Å². The third kappa shape index (κ3) is 2.76. The van der Waals surface area contributed by atoms with Crippen LogP contribution in [-0.2, 0) is 9.73 Å². The van der Waals surface area contributed by atoms with Crippen molar-refractivity contribution < 1.29 is 8.95 Å². The molecular formula is C12H17NO2S. The van der Waals surface area contributed by atoms with E-state index in [2.05, 4.69) is 4.36 Å². The molecule has 0 bridgehead atoms. The lowest BCUT2D eigenvalue weighted by atomic mass is 10.3.